The fourth-order valence-electron chi connectivity index (χ4n) is 3.14. The third-order valence-electron chi connectivity index (χ3n) is 4.70. The van der Waals surface area contributed by atoms with E-state index in [-0.39, 0.29) is 11.2 Å². The highest BCUT2D eigenvalue weighted by Crippen LogP contribution is 2.42. The average Bonchev–Trinajstić information content (AvgIpc) is 2.66. The van der Waals surface area contributed by atoms with Gasteiger partial charge in [-0.2, -0.15) is 0 Å². The number of rotatable bonds is 11. The Kier molecular flexibility index (Phi) is 8.05. The third-order valence-corrected chi connectivity index (χ3v) is 6.28. The van der Waals surface area contributed by atoms with E-state index < -0.39 is 5.97 Å². The molecule has 0 aliphatic heterocycles. The first-order valence-electron chi connectivity index (χ1n) is 9.16. The van der Waals surface area contributed by atoms with E-state index in [0.29, 0.717) is 0 Å². The van der Waals surface area contributed by atoms with Gasteiger partial charge in [-0.15, -0.1) is 11.8 Å². The lowest BCUT2D eigenvalue weighted by Gasteiger charge is -2.31. The number of aryl methyl sites for hydroxylation is 1. The van der Waals surface area contributed by atoms with Crippen LogP contribution in [0.2, 0.25) is 0 Å². The second-order valence-corrected chi connectivity index (χ2v) is 8.12. The normalized spacial score (nSPS) is 13.2. The van der Waals surface area contributed by atoms with Gasteiger partial charge in [0.25, 0.3) is 0 Å². The number of carboxylic acid groups (broad SMARTS) is 1. The van der Waals surface area contributed by atoms with Crippen LogP contribution in [0.1, 0.15) is 44.6 Å². The van der Waals surface area contributed by atoms with E-state index in [0.717, 1.165) is 42.7 Å². The standard InChI is InChI=1S/C22H28O3S/c1-3-22(17-21(23)24,26-20-14-12-19(25-2)13-15-20)16-8-7-11-18-9-5-4-6-10-18/h4-6,9-10,12-15H,3,7-8,11,16-17H2,1-2H3,(H,23,24). The third kappa shape index (κ3) is 6.41. The first kappa shape index (κ1) is 20.4. The molecule has 3 nitrogen and oxygen atoms in total. The van der Waals surface area contributed by atoms with E-state index in [1.54, 1.807) is 18.9 Å². The van der Waals surface area contributed by atoms with Crippen LogP contribution in [0.15, 0.2) is 59.5 Å². The Labute approximate surface area is 160 Å². The van der Waals surface area contributed by atoms with Gasteiger partial charge in [-0.05, 0) is 55.5 Å². The molecule has 0 aliphatic rings. The number of unbranched alkanes of at least 4 members (excludes halogenated alkanes) is 1. The fraction of sp³-hybridized carbons (Fsp3) is 0.409. The second kappa shape index (κ2) is 10.3. The van der Waals surface area contributed by atoms with Crippen molar-refractivity contribution in [2.24, 2.45) is 0 Å². The lowest BCUT2D eigenvalue weighted by atomic mass is 9.93. The Morgan fingerprint density at radius 2 is 1.77 bits per heavy atom. The van der Waals surface area contributed by atoms with E-state index in [1.807, 2.05) is 30.3 Å². The molecule has 0 heterocycles. The summed E-state index contributed by atoms with van der Waals surface area (Å²) in [7, 11) is 1.65. The van der Waals surface area contributed by atoms with Crippen LogP contribution in [0.5, 0.6) is 5.75 Å². The van der Waals surface area contributed by atoms with Crippen molar-refractivity contribution in [1.82, 2.24) is 0 Å². The lowest BCUT2D eigenvalue weighted by molar-refractivity contribution is -0.137. The van der Waals surface area contributed by atoms with Gasteiger partial charge in [-0.25, -0.2) is 0 Å². The number of thioether (sulfide) groups is 1. The SMILES string of the molecule is CCC(CCCCc1ccccc1)(CC(=O)O)Sc1ccc(OC)cc1. The summed E-state index contributed by atoms with van der Waals surface area (Å²) in [4.78, 5) is 12.6. The summed E-state index contributed by atoms with van der Waals surface area (Å²) in [5.41, 5.74) is 1.34. The highest BCUT2D eigenvalue weighted by atomic mass is 32.2. The number of hydrogen-bond donors (Lipinski definition) is 1. The van der Waals surface area contributed by atoms with Crippen molar-refractivity contribution in [3.05, 3.63) is 60.2 Å². The number of ether oxygens (including phenoxy) is 1. The first-order chi connectivity index (χ1) is 12.6. The molecule has 1 unspecified atom stereocenters. The highest BCUT2D eigenvalue weighted by molar-refractivity contribution is 8.00. The maximum atomic E-state index is 11.5. The van der Waals surface area contributed by atoms with E-state index >= 15 is 0 Å². The summed E-state index contributed by atoms with van der Waals surface area (Å²) in [6.45, 7) is 2.09. The number of hydrogen-bond acceptors (Lipinski definition) is 3. The summed E-state index contributed by atoms with van der Waals surface area (Å²) in [5.74, 6) is 0.0912. The highest BCUT2D eigenvalue weighted by Gasteiger charge is 2.32. The van der Waals surface area contributed by atoms with Gasteiger partial charge in [0, 0.05) is 9.64 Å². The molecule has 0 saturated heterocycles. The smallest absolute Gasteiger partial charge is 0.304 e. The fourth-order valence-corrected chi connectivity index (χ4v) is 4.50. The summed E-state index contributed by atoms with van der Waals surface area (Å²) >= 11 is 1.69. The van der Waals surface area contributed by atoms with Crippen molar-refractivity contribution < 1.29 is 14.6 Å². The van der Waals surface area contributed by atoms with Crippen molar-refractivity contribution in [3.63, 3.8) is 0 Å². The summed E-state index contributed by atoms with van der Waals surface area (Å²) in [6, 6.07) is 18.3. The Morgan fingerprint density at radius 1 is 1.08 bits per heavy atom. The number of carboxylic acids is 1. The van der Waals surface area contributed by atoms with Crippen LogP contribution in [0.3, 0.4) is 0 Å². The second-order valence-electron chi connectivity index (χ2n) is 6.58. The van der Waals surface area contributed by atoms with Gasteiger partial charge in [0.05, 0.1) is 13.5 Å². The molecule has 0 aromatic heterocycles. The Hall–Kier alpha value is -1.94. The van der Waals surface area contributed by atoms with Crippen molar-refractivity contribution in [2.75, 3.05) is 7.11 Å². The maximum Gasteiger partial charge on any atom is 0.304 e. The van der Waals surface area contributed by atoms with Gasteiger partial charge >= 0.3 is 5.97 Å². The van der Waals surface area contributed by atoms with Crippen molar-refractivity contribution in [1.29, 1.82) is 0 Å². The van der Waals surface area contributed by atoms with Gasteiger partial charge in [0.1, 0.15) is 5.75 Å². The Bertz CT molecular complexity index is 670. The number of aliphatic carboxylic acids is 1. The topological polar surface area (TPSA) is 46.5 Å². The first-order valence-corrected chi connectivity index (χ1v) is 9.97. The zero-order chi connectivity index (χ0) is 18.8. The molecule has 1 N–H and O–H groups in total. The van der Waals surface area contributed by atoms with E-state index in [1.165, 1.54) is 5.56 Å². The minimum absolute atomic E-state index is 0.186. The predicted octanol–water partition coefficient (Wildman–Crippen LogP) is 5.82. The molecule has 2 aromatic carbocycles. The molecule has 0 amide bonds. The zero-order valence-corrected chi connectivity index (χ0v) is 16.4. The van der Waals surface area contributed by atoms with E-state index in [9.17, 15) is 9.90 Å². The van der Waals surface area contributed by atoms with Crippen LogP contribution in [-0.2, 0) is 11.2 Å². The van der Waals surface area contributed by atoms with E-state index in [2.05, 4.69) is 31.2 Å². The molecule has 140 valence electrons. The Balaban J connectivity index is 1.99. The predicted molar refractivity (Wildman–Crippen MR) is 108 cm³/mol. The molecule has 0 fully saturated rings. The van der Waals surface area contributed by atoms with Crippen LogP contribution < -0.4 is 4.74 Å². The largest absolute Gasteiger partial charge is 0.497 e. The number of benzene rings is 2. The zero-order valence-electron chi connectivity index (χ0n) is 15.6. The number of carbonyl (C=O) groups is 1. The number of methoxy groups -OCH3 is 1. The minimum atomic E-state index is -0.726. The van der Waals surface area contributed by atoms with Crippen LogP contribution in [0.25, 0.3) is 0 Å². The van der Waals surface area contributed by atoms with Crippen LogP contribution >= 0.6 is 11.8 Å². The lowest BCUT2D eigenvalue weighted by Crippen LogP contribution is -2.27. The quantitative estimate of drug-likeness (QED) is 0.398. The molecular formula is C22H28O3S. The molecule has 0 radical (unpaired) electrons. The summed E-state index contributed by atoms with van der Waals surface area (Å²) in [5, 5.41) is 9.44. The molecule has 0 aliphatic carbocycles. The van der Waals surface area contributed by atoms with Gasteiger partial charge < -0.3 is 9.84 Å². The Morgan fingerprint density at radius 3 is 2.35 bits per heavy atom. The van der Waals surface area contributed by atoms with Gasteiger partial charge in [0.15, 0.2) is 0 Å². The maximum absolute atomic E-state index is 11.5. The molecule has 2 rings (SSSR count). The van der Waals surface area contributed by atoms with Crippen molar-refractivity contribution in [3.8, 4) is 5.75 Å². The molecule has 0 bridgehead atoms. The average molecular weight is 373 g/mol. The van der Waals surface area contributed by atoms with Crippen molar-refractivity contribution in [2.45, 2.75) is 55.1 Å². The summed E-state index contributed by atoms with van der Waals surface area (Å²) in [6.07, 6.45) is 5.07. The summed E-state index contributed by atoms with van der Waals surface area (Å²) < 4.78 is 4.94. The van der Waals surface area contributed by atoms with Gasteiger partial charge in [-0.3, -0.25) is 4.79 Å². The molecule has 0 spiro atoms. The minimum Gasteiger partial charge on any atom is -0.497 e. The molecular weight excluding hydrogens is 344 g/mol. The van der Waals surface area contributed by atoms with Gasteiger partial charge in [0.2, 0.25) is 0 Å². The van der Waals surface area contributed by atoms with Gasteiger partial charge in [-0.1, -0.05) is 43.7 Å². The molecule has 4 heteroatoms. The van der Waals surface area contributed by atoms with Crippen LogP contribution in [-0.4, -0.2) is 22.9 Å². The van der Waals surface area contributed by atoms with Crippen molar-refractivity contribution >= 4 is 17.7 Å². The molecule has 2 aromatic rings. The molecule has 0 saturated carbocycles. The molecule has 26 heavy (non-hydrogen) atoms. The van der Waals surface area contributed by atoms with E-state index in [4.69, 9.17) is 4.74 Å². The molecule has 1 atom stereocenters. The van der Waals surface area contributed by atoms with Crippen LogP contribution in [0, 0.1) is 0 Å². The monoisotopic (exact) mass is 372 g/mol. The van der Waals surface area contributed by atoms with Crippen LogP contribution in [0.4, 0.5) is 0 Å².